The second kappa shape index (κ2) is 6.93. The van der Waals surface area contributed by atoms with Crippen LogP contribution in [0.4, 0.5) is 4.79 Å². The van der Waals surface area contributed by atoms with Crippen molar-refractivity contribution in [3.8, 4) is 0 Å². The van der Waals surface area contributed by atoms with Crippen molar-refractivity contribution in [2.24, 2.45) is 5.92 Å². The summed E-state index contributed by atoms with van der Waals surface area (Å²) < 4.78 is 0.978. The zero-order valence-electron chi connectivity index (χ0n) is 11.9. The number of nitrogens with zero attached hydrogens (tertiary/aromatic N) is 1. The molecule has 1 aliphatic carbocycles. The van der Waals surface area contributed by atoms with E-state index < -0.39 is 5.97 Å². The van der Waals surface area contributed by atoms with Crippen molar-refractivity contribution in [2.75, 3.05) is 13.1 Å². The SMILES string of the molecule is CC(NC(=O)N(CC(=O)O)CC1CC1)c1ccc(Br)cc1. The number of carboxylic acid groups (broad SMARTS) is 1. The van der Waals surface area contributed by atoms with Crippen molar-refractivity contribution < 1.29 is 14.7 Å². The van der Waals surface area contributed by atoms with E-state index >= 15 is 0 Å². The second-order valence-electron chi connectivity index (χ2n) is 5.44. The molecule has 5 nitrogen and oxygen atoms in total. The molecule has 1 aromatic rings. The minimum Gasteiger partial charge on any atom is -0.480 e. The molecular formula is C15H19BrN2O3. The molecule has 21 heavy (non-hydrogen) atoms. The van der Waals surface area contributed by atoms with Crippen molar-refractivity contribution >= 4 is 27.9 Å². The van der Waals surface area contributed by atoms with Crippen LogP contribution in [0.15, 0.2) is 28.7 Å². The molecule has 6 heteroatoms. The number of urea groups is 1. The Morgan fingerprint density at radius 3 is 2.52 bits per heavy atom. The van der Waals surface area contributed by atoms with Crippen molar-refractivity contribution in [1.82, 2.24) is 10.2 Å². The van der Waals surface area contributed by atoms with Crippen LogP contribution in [-0.2, 0) is 4.79 Å². The third kappa shape index (κ3) is 5.04. The van der Waals surface area contributed by atoms with E-state index in [1.165, 1.54) is 4.90 Å². The van der Waals surface area contributed by atoms with Crippen LogP contribution in [0.5, 0.6) is 0 Å². The van der Waals surface area contributed by atoms with E-state index in [1.807, 2.05) is 31.2 Å². The molecule has 1 saturated carbocycles. The molecule has 0 spiro atoms. The summed E-state index contributed by atoms with van der Waals surface area (Å²) in [5, 5.41) is 11.8. The third-order valence-corrected chi connectivity index (χ3v) is 4.03. The van der Waals surface area contributed by atoms with Gasteiger partial charge in [-0.3, -0.25) is 4.79 Å². The van der Waals surface area contributed by atoms with E-state index in [4.69, 9.17) is 5.11 Å². The van der Waals surface area contributed by atoms with Gasteiger partial charge in [0.2, 0.25) is 0 Å². The molecule has 1 aliphatic rings. The molecule has 0 heterocycles. The highest BCUT2D eigenvalue weighted by atomic mass is 79.9. The number of nitrogens with one attached hydrogen (secondary N) is 1. The number of halogens is 1. The first kappa shape index (κ1) is 15.8. The average molecular weight is 355 g/mol. The Bertz CT molecular complexity index is 514. The predicted octanol–water partition coefficient (Wildman–Crippen LogP) is 3.02. The van der Waals surface area contributed by atoms with Gasteiger partial charge in [0.05, 0.1) is 6.04 Å². The zero-order chi connectivity index (χ0) is 15.4. The van der Waals surface area contributed by atoms with Gasteiger partial charge in [0.1, 0.15) is 6.54 Å². The van der Waals surface area contributed by atoms with E-state index in [0.717, 1.165) is 22.9 Å². The van der Waals surface area contributed by atoms with Crippen LogP contribution in [0, 0.1) is 5.92 Å². The lowest BCUT2D eigenvalue weighted by Gasteiger charge is -2.24. The number of hydrogen-bond donors (Lipinski definition) is 2. The average Bonchev–Trinajstić information content (AvgIpc) is 3.22. The summed E-state index contributed by atoms with van der Waals surface area (Å²) in [4.78, 5) is 24.5. The summed E-state index contributed by atoms with van der Waals surface area (Å²) in [5.74, 6) is -0.528. The summed E-state index contributed by atoms with van der Waals surface area (Å²) in [5.41, 5.74) is 0.980. The fourth-order valence-corrected chi connectivity index (χ4v) is 2.37. The van der Waals surface area contributed by atoms with Gasteiger partial charge in [0.25, 0.3) is 0 Å². The van der Waals surface area contributed by atoms with Crippen molar-refractivity contribution in [3.05, 3.63) is 34.3 Å². The van der Waals surface area contributed by atoms with Gasteiger partial charge in [0, 0.05) is 11.0 Å². The van der Waals surface area contributed by atoms with Gasteiger partial charge < -0.3 is 15.3 Å². The Balaban J connectivity index is 1.95. The number of benzene rings is 1. The summed E-state index contributed by atoms with van der Waals surface area (Å²) in [6, 6.07) is 7.20. The molecule has 114 valence electrons. The van der Waals surface area contributed by atoms with Gasteiger partial charge in [-0.05, 0) is 43.4 Å². The highest BCUT2D eigenvalue weighted by Crippen LogP contribution is 2.29. The lowest BCUT2D eigenvalue weighted by molar-refractivity contribution is -0.137. The van der Waals surface area contributed by atoms with Crippen molar-refractivity contribution in [2.45, 2.75) is 25.8 Å². The summed E-state index contributed by atoms with van der Waals surface area (Å²) in [6.45, 7) is 2.15. The van der Waals surface area contributed by atoms with E-state index in [0.29, 0.717) is 12.5 Å². The number of carboxylic acids is 1. The topological polar surface area (TPSA) is 69.6 Å². The second-order valence-corrected chi connectivity index (χ2v) is 6.36. The molecule has 0 aromatic heterocycles. The lowest BCUT2D eigenvalue weighted by Crippen LogP contribution is -2.44. The van der Waals surface area contributed by atoms with Crippen LogP contribution in [-0.4, -0.2) is 35.1 Å². The molecule has 2 rings (SSSR count). The molecule has 1 fully saturated rings. The lowest BCUT2D eigenvalue weighted by atomic mass is 10.1. The number of carbonyl (C=O) groups excluding carboxylic acids is 1. The van der Waals surface area contributed by atoms with Crippen LogP contribution >= 0.6 is 15.9 Å². The first-order valence-electron chi connectivity index (χ1n) is 6.98. The standard InChI is InChI=1S/C15H19BrN2O3/c1-10(12-4-6-13(16)7-5-12)17-15(21)18(9-14(19)20)8-11-2-3-11/h4-7,10-11H,2-3,8-9H2,1H3,(H,17,21)(H,19,20). The van der Waals surface area contributed by atoms with E-state index in [-0.39, 0.29) is 18.6 Å². The zero-order valence-corrected chi connectivity index (χ0v) is 13.5. The van der Waals surface area contributed by atoms with E-state index in [2.05, 4.69) is 21.2 Å². The maximum absolute atomic E-state index is 12.2. The number of aliphatic carboxylic acids is 1. The molecule has 1 aromatic carbocycles. The molecule has 1 atom stereocenters. The van der Waals surface area contributed by atoms with Crippen LogP contribution in [0.1, 0.15) is 31.4 Å². The van der Waals surface area contributed by atoms with Crippen LogP contribution in [0.2, 0.25) is 0 Å². The Morgan fingerprint density at radius 2 is 2.00 bits per heavy atom. The smallest absolute Gasteiger partial charge is 0.323 e. The molecule has 0 saturated heterocycles. The van der Waals surface area contributed by atoms with Gasteiger partial charge in [-0.2, -0.15) is 0 Å². The minimum atomic E-state index is -0.984. The predicted molar refractivity (Wildman–Crippen MR) is 83.0 cm³/mol. The molecule has 0 bridgehead atoms. The molecule has 2 amide bonds. The first-order valence-corrected chi connectivity index (χ1v) is 7.77. The van der Waals surface area contributed by atoms with Crippen molar-refractivity contribution in [1.29, 1.82) is 0 Å². The number of amides is 2. The van der Waals surface area contributed by atoms with Gasteiger partial charge in [0.15, 0.2) is 0 Å². The molecule has 1 unspecified atom stereocenters. The van der Waals surface area contributed by atoms with Crippen LogP contribution in [0.3, 0.4) is 0 Å². The van der Waals surface area contributed by atoms with Gasteiger partial charge in [-0.15, -0.1) is 0 Å². The maximum atomic E-state index is 12.2. The Hall–Kier alpha value is -1.56. The monoisotopic (exact) mass is 354 g/mol. The fraction of sp³-hybridized carbons (Fsp3) is 0.467. The molecule has 0 aliphatic heterocycles. The Kier molecular flexibility index (Phi) is 5.22. The Labute approximate surface area is 132 Å². The molecule has 2 N–H and O–H groups in total. The fourth-order valence-electron chi connectivity index (χ4n) is 2.11. The molecular weight excluding hydrogens is 336 g/mol. The summed E-state index contributed by atoms with van der Waals surface area (Å²) in [7, 11) is 0. The largest absolute Gasteiger partial charge is 0.480 e. The molecule has 0 radical (unpaired) electrons. The highest BCUT2D eigenvalue weighted by molar-refractivity contribution is 9.10. The summed E-state index contributed by atoms with van der Waals surface area (Å²) >= 11 is 3.37. The van der Waals surface area contributed by atoms with E-state index in [1.54, 1.807) is 0 Å². The van der Waals surface area contributed by atoms with Gasteiger partial charge >= 0.3 is 12.0 Å². The maximum Gasteiger partial charge on any atom is 0.323 e. The van der Waals surface area contributed by atoms with Crippen LogP contribution in [0.25, 0.3) is 0 Å². The van der Waals surface area contributed by atoms with E-state index in [9.17, 15) is 9.59 Å². The third-order valence-electron chi connectivity index (χ3n) is 3.50. The van der Waals surface area contributed by atoms with Gasteiger partial charge in [-0.25, -0.2) is 4.79 Å². The van der Waals surface area contributed by atoms with Crippen LogP contribution < -0.4 is 5.32 Å². The van der Waals surface area contributed by atoms with Crippen molar-refractivity contribution in [3.63, 3.8) is 0 Å². The minimum absolute atomic E-state index is 0.166. The number of carbonyl (C=O) groups is 2. The summed E-state index contributed by atoms with van der Waals surface area (Å²) in [6.07, 6.45) is 2.15. The highest BCUT2D eigenvalue weighted by Gasteiger charge is 2.28. The number of hydrogen-bond acceptors (Lipinski definition) is 2. The first-order chi connectivity index (χ1) is 9.95. The van der Waals surface area contributed by atoms with Gasteiger partial charge in [-0.1, -0.05) is 28.1 Å². The quantitative estimate of drug-likeness (QED) is 0.824. The normalized spacial score (nSPS) is 15.3. The number of rotatable bonds is 6. The Morgan fingerprint density at radius 1 is 1.38 bits per heavy atom.